The molecule has 0 aromatic rings. The molecule has 0 atom stereocenters. The van der Waals surface area contributed by atoms with Gasteiger partial charge in [-0.2, -0.15) is 0 Å². The molecule has 1 N–H and O–H groups in total. The van der Waals surface area contributed by atoms with E-state index in [1.165, 1.54) is 6.42 Å². The van der Waals surface area contributed by atoms with Crippen molar-refractivity contribution < 1.29 is 9.90 Å². The predicted octanol–water partition coefficient (Wildman–Crippen LogP) is 2.92. The van der Waals surface area contributed by atoms with Crippen LogP contribution >= 0.6 is 0 Å². The molecule has 0 spiro atoms. The van der Waals surface area contributed by atoms with E-state index < -0.39 is 5.97 Å². The summed E-state index contributed by atoms with van der Waals surface area (Å²) in [6, 6.07) is 0. The number of rotatable bonds is 1. The lowest BCUT2D eigenvalue weighted by Crippen LogP contribution is -2.00. The minimum Gasteiger partial charge on any atom is -0.481 e. The van der Waals surface area contributed by atoms with Gasteiger partial charge in [-0.25, -0.2) is 0 Å². The normalized spacial score (nSPS) is 9.91. The Balaban J connectivity index is 0. The van der Waals surface area contributed by atoms with Crippen molar-refractivity contribution in [3.8, 4) is 0 Å². The lowest BCUT2D eigenvalue weighted by molar-refractivity contribution is -0.136. The fraction of sp³-hybridized carbons (Fsp3) is 0.889. The highest BCUT2D eigenvalue weighted by molar-refractivity contribution is 5.66. The first-order chi connectivity index (χ1) is 4.83. The van der Waals surface area contributed by atoms with Crippen LogP contribution in [0, 0.1) is 5.41 Å². The van der Waals surface area contributed by atoms with Crippen LogP contribution in [0.25, 0.3) is 0 Å². The zero-order valence-electron chi connectivity index (χ0n) is 8.27. The lowest BCUT2D eigenvalue weighted by Gasteiger charge is -2.12. The van der Waals surface area contributed by atoms with E-state index >= 15 is 0 Å². The topological polar surface area (TPSA) is 37.3 Å². The van der Waals surface area contributed by atoms with Crippen LogP contribution in [0.15, 0.2) is 0 Å². The van der Waals surface area contributed by atoms with E-state index in [1.807, 2.05) is 0 Å². The minimum atomic E-state index is -0.745. The Morgan fingerprint density at radius 3 is 1.45 bits per heavy atom. The number of carboxylic acid groups (broad SMARTS) is 1. The van der Waals surface area contributed by atoms with Crippen molar-refractivity contribution in [1.82, 2.24) is 0 Å². The molecular formula is C9H20O2. The van der Waals surface area contributed by atoms with Gasteiger partial charge in [0.15, 0.2) is 0 Å². The van der Waals surface area contributed by atoms with Crippen molar-refractivity contribution in [2.75, 3.05) is 0 Å². The van der Waals surface area contributed by atoms with Gasteiger partial charge in [0.1, 0.15) is 0 Å². The average molecular weight is 160 g/mol. The molecule has 0 saturated heterocycles. The summed E-state index contributed by atoms with van der Waals surface area (Å²) in [6.07, 6.45) is 1.49. The van der Waals surface area contributed by atoms with Crippen LogP contribution in [0.3, 0.4) is 0 Å². The minimum absolute atomic E-state index is 0.222. The molecule has 2 heteroatoms. The summed E-state index contributed by atoms with van der Waals surface area (Å²) >= 11 is 0. The van der Waals surface area contributed by atoms with E-state index in [2.05, 4.69) is 27.7 Å². The average Bonchev–Trinajstić information content (AvgIpc) is 1.88. The molecule has 0 unspecified atom stereocenters. The third-order valence-corrected chi connectivity index (χ3v) is 1.36. The summed E-state index contributed by atoms with van der Waals surface area (Å²) in [6.45, 7) is 10.5. The van der Waals surface area contributed by atoms with E-state index in [0.29, 0.717) is 5.41 Å². The molecule has 0 bridgehead atoms. The van der Waals surface area contributed by atoms with Crippen molar-refractivity contribution in [2.24, 2.45) is 5.41 Å². The predicted molar refractivity (Wildman–Crippen MR) is 47.7 cm³/mol. The Labute approximate surface area is 69.6 Å². The monoisotopic (exact) mass is 160 g/mol. The highest BCUT2D eigenvalue weighted by Crippen LogP contribution is 2.16. The fourth-order valence-electron chi connectivity index (χ4n) is 0. The summed E-state index contributed by atoms with van der Waals surface area (Å²) in [5.41, 5.74) is 0.542. The number of carboxylic acids is 1. The maximum Gasteiger partial charge on any atom is 0.303 e. The maximum absolute atomic E-state index is 9.37. The first-order valence-electron chi connectivity index (χ1n) is 4.05. The van der Waals surface area contributed by atoms with Gasteiger partial charge in [-0.05, 0) is 5.41 Å². The van der Waals surface area contributed by atoms with Crippen molar-refractivity contribution >= 4 is 5.97 Å². The van der Waals surface area contributed by atoms with E-state index in [9.17, 15) is 4.79 Å². The van der Waals surface area contributed by atoms with E-state index in [4.69, 9.17) is 5.11 Å². The Kier molecular flexibility index (Phi) is 7.37. The molecule has 0 aliphatic rings. The Bertz CT molecular complexity index is 101. The van der Waals surface area contributed by atoms with Crippen molar-refractivity contribution in [1.29, 1.82) is 0 Å². The maximum atomic E-state index is 9.37. The standard InChI is InChI=1S/C6H14.C3H6O2/c1-5-6(2,3)4;1-2-3(4)5/h5H2,1-4H3;2H2,1H3,(H,4,5). The van der Waals surface area contributed by atoms with Gasteiger partial charge in [-0.3, -0.25) is 4.79 Å². The van der Waals surface area contributed by atoms with Crippen LogP contribution in [-0.4, -0.2) is 11.1 Å². The van der Waals surface area contributed by atoms with Gasteiger partial charge in [0.05, 0.1) is 0 Å². The molecule has 0 fully saturated rings. The fourth-order valence-corrected chi connectivity index (χ4v) is 0. The second-order valence-electron chi connectivity index (χ2n) is 3.66. The van der Waals surface area contributed by atoms with Gasteiger partial charge in [0.2, 0.25) is 0 Å². The number of aliphatic carboxylic acids is 1. The SMILES string of the molecule is CCC(=O)O.CCC(C)(C)C. The lowest BCUT2D eigenvalue weighted by atomic mass is 9.94. The zero-order valence-corrected chi connectivity index (χ0v) is 8.27. The van der Waals surface area contributed by atoms with Gasteiger partial charge in [0, 0.05) is 6.42 Å². The van der Waals surface area contributed by atoms with Gasteiger partial charge >= 0.3 is 5.97 Å². The molecular weight excluding hydrogens is 140 g/mol. The van der Waals surface area contributed by atoms with Gasteiger partial charge in [-0.1, -0.05) is 41.0 Å². The molecule has 0 saturated carbocycles. The summed E-state index contributed by atoms with van der Waals surface area (Å²) in [4.78, 5) is 9.37. The van der Waals surface area contributed by atoms with Crippen LogP contribution < -0.4 is 0 Å². The second kappa shape index (κ2) is 6.20. The molecule has 68 valence electrons. The molecule has 0 aromatic heterocycles. The molecule has 0 rings (SSSR count). The van der Waals surface area contributed by atoms with E-state index in [-0.39, 0.29) is 6.42 Å². The van der Waals surface area contributed by atoms with Gasteiger partial charge in [-0.15, -0.1) is 0 Å². The summed E-state index contributed by atoms with van der Waals surface area (Å²) < 4.78 is 0. The number of hydrogen-bond donors (Lipinski definition) is 1. The van der Waals surface area contributed by atoms with E-state index in [1.54, 1.807) is 6.92 Å². The van der Waals surface area contributed by atoms with Crippen LogP contribution in [0.5, 0.6) is 0 Å². The Morgan fingerprint density at radius 1 is 1.27 bits per heavy atom. The Hall–Kier alpha value is -0.530. The van der Waals surface area contributed by atoms with Crippen molar-refractivity contribution in [3.63, 3.8) is 0 Å². The summed E-state index contributed by atoms with van der Waals surface area (Å²) in [5, 5.41) is 7.72. The zero-order chi connectivity index (χ0) is 9.49. The molecule has 0 aliphatic heterocycles. The third kappa shape index (κ3) is 26.4. The van der Waals surface area contributed by atoms with Crippen LogP contribution in [0.2, 0.25) is 0 Å². The molecule has 0 radical (unpaired) electrons. The van der Waals surface area contributed by atoms with E-state index in [0.717, 1.165) is 0 Å². The van der Waals surface area contributed by atoms with Crippen LogP contribution in [0.4, 0.5) is 0 Å². The van der Waals surface area contributed by atoms with Gasteiger partial charge in [0.25, 0.3) is 0 Å². The van der Waals surface area contributed by atoms with Gasteiger partial charge < -0.3 is 5.11 Å². The summed E-state index contributed by atoms with van der Waals surface area (Å²) in [7, 11) is 0. The Morgan fingerprint density at radius 2 is 1.45 bits per heavy atom. The number of hydrogen-bond acceptors (Lipinski definition) is 1. The molecule has 0 amide bonds. The third-order valence-electron chi connectivity index (χ3n) is 1.36. The second-order valence-corrected chi connectivity index (χ2v) is 3.66. The van der Waals surface area contributed by atoms with Crippen LogP contribution in [-0.2, 0) is 4.79 Å². The molecule has 11 heavy (non-hydrogen) atoms. The summed E-state index contributed by atoms with van der Waals surface area (Å²) in [5.74, 6) is -0.745. The van der Waals surface area contributed by atoms with Crippen molar-refractivity contribution in [2.45, 2.75) is 47.5 Å². The molecule has 0 heterocycles. The van der Waals surface area contributed by atoms with Crippen LogP contribution in [0.1, 0.15) is 47.5 Å². The molecule has 0 aliphatic carbocycles. The molecule has 0 aromatic carbocycles. The number of carbonyl (C=O) groups is 1. The highest BCUT2D eigenvalue weighted by atomic mass is 16.4. The molecule has 2 nitrogen and oxygen atoms in total. The quantitative estimate of drug-likeness (QED) is 0.640. The largest absolute Gasteiger partial charge is 0.481 e. The first-order valence-corrected chi connectivity index (χ1v) is 4.05. The van der Waals surface area contributed by atoms with Crippen molar-refractivity contribution in [3.05, 3.63) is 0 Å². The smallest absolute Gasteiger partial charge is 0.303 e. The highest BCUT2D eigenvalue weighted by Gasteiger charge is 2.03. The first kappa shape index (κ1) is 13.1.